The van der Waals surface area contributed by atoms with Crippen LogP contribution in [0.3, 0.4) is 0 Å². The topological polar surface area (TPSA) is 121 Å². The van der Waals surface area contributed by atoms with Crippen molar-refractivity contribution in [2.75, 3.05) is 18.5 Å². The number of nitrogens with one attached hydrogen (secondary N) is 3. The van der Waals surface area contributed by atoms with Crippen LogP contribution in [0, 0.1) is 23.7 Å². The Balaban J connectivity index is 1.26. The van der Waals surface area contributed by atoms with Crippen molar-refractivity contribution in [2.24, 2.45) is 23.7 Å². The minimum atomic E-state index is -0.690. The molecule has 44 heavy (non-hydrogen) atoms. The summed E-state index contributed by atoms with van der Waals surface area (Å²) < 4.78 is 19.3. The number of aromatic nitrogens is 1. The second-order valence-electron chi connectivity index (χ2n) is 14.0. The van der Waals surface area contributed by atoms with E-state index in [9.17, 15) is 23.6 Å². The molecule has 1 aliphatic heterocycles. The van der Waals surface area contributed by atoms with Gasteiger partial charge >= 0.3 is 6.09 Å². The monoisotopic (exact) mass is 610 g/mol. The molecule has 1 saturated heterocycles. The van der Waals surface area contributed by atoms with Gasteiger partial charge in [-0.3, -0.25) is 14.4 Å². The molecule has 3 aliphatic rings. The molecule has 0 bridgehead atoms. The van der Waals surface area contributed by atoms with Gasteiger partial charge in [0.2, 0.25) is 11.8 Å². The number of fused-ring (bicyclic) bond motifs is 1. The number of benzene rings is 1. The van der Waals surface area contributed by atoms with Crippen LogP contribution in [0.1, 0.15) is 95.5 Å². The van der Waals surface area contributed by atoms with Crippen LogP contribution < -0.4 is 10.6 Å². The largest absolute Gasteiger partial charge is 0.444 e. The first-order valence-corrected chi connectivity index (χ1v) is 16.3. The minimum absolute atomic E-state index is 0.00974. The number of hydrogen-bond acceptors (Lipinski definition) is 5. The molecule has 2 heterocycles. The third-order valence-corrected chi connectivity index (χ3v) is 9.85. The zero-order valence-corrected chi connectivity index (χ0v) is 26.2. The summed E-state index contributed by atoms with van der Waals surface area (Å²) in [6.07, 6.45) is 9.08. The molecule has 3 amide bonds. The van der Waals surface area contributed by atoms with Gasteiger partial charge in [-0.2, -0.15) is 0 Å². The van der Waals surface area contributed by atoms with Crippen LogP contribution in [0.25, 0.3) is 10.9 Å². The summed E-state index contributed by atoms with van der Waals surface area (Å²) >= 11 is 0. The Hall–Kier alpha value is -3.43. The van der Waals surface area contributed by atoms with Crippen molar-refractivity contribution in [1.82, 2.24) is 15.2 Å². The van der Waals surface area contributed by atoms with Gasteiger partial charge in [0.15, 0.2) is 6.29 Å². The van der Waals surface area contributed by atoms with E-state index in [0.717, 1.165) is 49.3 Å². The Kier molecular flexibility index (Phi) is 9.95. The molecular formula is C34H47FN4O5. The molecule has 3 fully saturated rings. The van der Waals surface area contributed by atoms with Crippen molar-refractivity contribution >= 4 is 40.8 Å². The second kappa shape index (κ2) is 13.7. The lowest BCUT2D eigenvalue weighted by Gasteiger charge is -2.37. The number of halogens is 1. The first-order chi connectivity index (χ1) is 21.1. The SMILES string of the molecule is CC(C)(C)OC(=O)N[C@H](CF)C1CCC(C(=O)N2CC[C@@H](C3CCCCC3)[C@H]2C(=O)Nc2ccc3[nH]c(C=O)cc3c2)CC1. The van der Waals surface area contributed by atoms with E-state index in [0.29, 0.717) is 49.5 Å². The smallest absolute Gasteiger partial charge is 0.407 e. The summed E-state index contributed by atoms with van der Waals surface area (Å²) in [5.41, 5.74) is 1.25. The van der Waals surface area contributed by atoms with E-state index in [4.69, 9.17) is 4.74 Å². The molecule has 1 aromatic carbocycles. The van der Waals surface area contributed by atoms with Crippen LogP contribution in [0.15, 0.2) is 24.3 Å². The fraction of sp³-hybridized carbons (Fsp3) is 0.647. The van der Waals surface area contributed by atoms with Gasteiger partial charge in [0.05, 0.1) is 11.7 Å². The predicted octanol–water partition coefficient (Wildman–Crippen LogP) is 6.39. The maximum absolute atomic E-state index is 14.0. The molecule has 9 nitrogen and oxygen atoms in total. The molecule has 5 rings (SSSR count). The number of alkyl halides is 1. The van der Waals surface area contributed by atoms with E-state index in [2.05, 4.69) is 15.6 Å². The van der Waals surface area contributed by atoms with Gasteiger partial charge in [0.1, 0.15) is 18.3 Å². The summed E-state index contributed by atoms with van der Waals surface area (Å²) in [4.78, 5) is 56.4. The van der Waals surface area contributed by atoms with Gasteiger partial charge in [-0.1, -0.05) is 32.1 Å². The minimum Gasteiger partial charge on any atom is -0.444 e. The number of alkyl carbamates (subject to hydrolysis) is 1. The molecule has 0 spiro atoms. The molecule has 2 aromatic rings. The van der Waals surface area contributed by atoms with Gasteiger partial charge in [-0.15, -0.1) is 0 Å². The third kappa shape index (κ3) is 7.44. The van der Waals surface area contributed by atoms with Crippen LogP contribution in [-0.4, -0.2) is 65.0 Å². The molecule has 2 saturated carbocycles. The fourth-order valence-electron chi connectivity index (χ4n) is 7.71. The zero-order chi connectivity index (χ0) is 31.4. The lowest BCUT2D eigenvalue weighted by Crippen LogP contribution is -2.50. The summed E-state index contributed by atoms with van der Waals surface area (Å²) in [6, 6.07) is 6.07. The van der Waals surface area contributed by atoms with Gasteiger partial charge in [-0.05, 0) is 94.9 Å². The van der Waals surface area contributed by atoms with E-state index in [-0.39, 0.29) is 29.6 Å². The normalized spacial score (nSPS) is 25.4. The van der Waals surface area contributed by atoms with Crippen molar-refractivity contribution in [2.45, 2.75) is 103 Å². The van der Waals surface area contributed by atoms with Crippen molar-refractivity contribution in [3.8, 4) is 0 Å². The van der Waals surface area contributed by atoms with Gasteiger partial charge in [0.25, 0.3) is 0 Å². The highest BCUT2D eigenvalue weighted by Crippen LogP contribution is 2.41. The summed E-state index contributed by atoms with van der Waals surface area (Å²) in [5.74, 6) is 0.0701. The average molecular weight is 611 g/mol. The standard InChI is InChI=1S/C34H47FN4O5/c1-34(2,3)44-33(43)38-29(19-35)22-9-11-23(12-10-22)32(42)39-16-15-27(21-7-5-4-6-8-21)30(39)31(41)37-25-13-14-28-24(17-25)18-26(20-40)36-28/h13-14,17-18,20-23,27,29-30,36H,4-12,15-16,19H2,1-3H3,(H,37,41)(H,38,43)/t22?,23?,27-,29+,30-/m0/s1. The van der Waals surface area contributed by atoms with Crippen molar-refractivity contribution < 1.29 is 28.3 Å². The highest BCUT2D eigenvalue weighted by Gasteiger charge is 2.47. The third-order valence-electron chi connectivity index (χ3n) is 9.85. The molecular weight excluding hydrogens is 563 g/mol. The number of aromatic amines is 1. The fourth-order valence-corrected chi connectivity index (χ4v) is 7.71. The van der Waals surface area contributed by atoms with Crippen molar-refractivity contribution in [1.29, 1.82) is 0 Å². The average Bonchev–Trinajstić information content (AvgIpc) is 3.63. The Labute approximate surface area is 259 Å². The highest BCUT2D eigenvalue weighted by atomic mass is 19.1. The molecule has 10 heteroatoms. The Morgan fingerprint density at radius 2 is 1.77 bits per heavy atom. The van der Waals surface area contributed by atoms with Crippen LogP contribution >= 0.6 is 0 Å². The van der Waals surface area contributed by atoms with Gasteiger partial charge in [-0.25, -0.2) is 9.18 Å². The van der Waals surface area contributed by atoms with Crippen LogP contribution in [0.4, 0.5) is 14.9 Å². The molecule has 3 N–H and O–H groups in total. The number of carbonyl (C=O) groups excluding carboxylic acids is 4. The van der Waals surface area contributed by atoms with Gasteiger partial charge in [0, 0.05) is 29.1 Å². The number of H-pyrrole nitrogens is 1. The Morgan fingerprint density at radius 3 is 2.43 bits per heavy atom. The summed E-state index contributed by atoms with van der Waals surface area (Å²) in [7, 11) is 0. The number of rotatable bonds is 8. The van der Waals surface area contributed by atoms with Crippen LogP contribution in [0.5, 0.6) is 0 Å². The van der Waals surface area contributed by atoms with E-state index in [1.54, 1.807) is 26.8 Å². The first-order valence-electron chi connectivity index (χ1n) is 16.3. The van der Waals surface area contributed by atoms with Crippen molar-refractivity contribution in [3.63, 3.8) is 0 Å². The van der Waals surface area contributed by atoms with Gasteiger partial charge < -0.3 is 25.3 Å². The lowest BCUT2D eigenvalue weighted by atomic mass is 9.76. The maximum Gasteiger partial charge on any atom is 0.407 e. The number of carbonyl (C=O) groups is 4. The zero-order valence-electron chi connectivity index (χ0n) is 26.2. The van der Waals surface area contributed by atoms with E-state index in [1.807, 2.05) is 23.1 Å². The molecule has 0 unspecified atom stereocenters. The Morgan fingerprint density at radius 1 is 1.05 bits per heavy atom. The second-order valence-corrected chi connectivity index (χ2v) is 14.0. The quantitative estimate of drug-likeness (QED) is 0.299. The number of nitrogens with zero attached hydrogens (tertiary/aromatic N) is 1. The highest BCUT2D eigenvalue weighted by molar-refractivity contribution is 6.00. The van der Waals surface area contributed by atoms with Crippen molar-refractivity contribution in [3.05, 3.63) is 30.0 Å². The number of aldehydes is 1. The molecule has 2 aliphatic carbocycles. The molecule has 1 aromatic heterocycles. The molecule has 0 radical (unpaired) electrons. The first kappa shape index (κ1) is 32.0. The lowest BCUT2D eigenvalue weighted by molar-refractivity contribution is -0.142. The molecule has 3 atom stereocenters. The van der Waals surface area contributed by atoms with Crippen LogP contribution in [-0.2, 0) is 14.3 Å². The number of likely N-dealkylation sites (tertiary alicyclic amines) is 1. The van der Waals surface area contributed by atoms with Crippen LogP contribution in [0.2, 0.25) is 0 Å². The van der Waals surface area contributed by atoms with E-state index in [1.165, 1.54) is 6.42 Å². The predicted molar refractivity (Wildman–Crippen MR) is 167 cm³/mol. The Bertz CT molecular complexity index is 1340. The number of amides is 3. The number of hydrogen-bond donors (Lipinski definition) is 3. The summed E-state index contributed by atoms with van der Waals surface area (Å²) in [5, 5.41) is 6.62. The summed E-state index contributed by atoms with van der Waals surface area (Å²) in [6.45, 7) is 5.17. The van der Waals surface area contributed by atoms with E-state index >= 15 is 0 Å². The number of anilines is 1. The molecule has 240 valence electrons. The maximum atomic E-state index is 14.0. The van der Waals surface area contributed by atoms with E-state index < -0.39 is 30.5 Å². The number of ether oxygens (including phenoxy) is 1.